The molecule has 0 radical (unpaired) electrons. The van der Waals surface area contributed by atoms with Gasteiger partial charge in [-0.05, 0) is 43.0 Å². The maximum absolute atomic E-state index is 9.29. The van der Waals surface area contributed by atoms with Crippen LogP contribution in [0.25, 0.3) is 0 Å². The van der Waals surface area contributed by atoms with Crippen molar-refractivity contribution in [2.75, 3.05) is 13.7 Å². The lowest BCUT2D eigenvalue weighted by Crippen LogP contribution is -2.05. The van der Waals surface area contributed by atoms with Crippen LogP contribution in [0.5, 0.6) is 5.75 Å². The van der Waals surface area contributed by atoms with Gasteiger partial charge >= 0.3 is 0 Å². The molecule has 0 spiro atoms. The van der Waals surface area contributed by atoms with Crippen LogP contribution < -0.4 is 4.74 Å². The molecule has 0 saturated heterocycles. The number of ether oxygens (including phenoxy) is 1. The first kappa shape index (κ1) is 12.1. The quantitative estimate of drug-likeness (QED) is 0.824. The van der Waals surface area contributed by atoms with Gasteiger partial charge in [0.15, 0.2) is 0 Å². The summed E-state index contributed by atoms with van der Waals surface area (Å²) in [5.74, 6) is 1.17. The van der Waals surface area contributed by atoms with Gasteiger partial charge in [0.25, 0.3) is 0 Å². The van der Waals surface area contributed by atoms with Gasteiger partial charge in [0, 0.05) is 12.5 Å². The lowest BCUT2D eigenvalue weighted by atomic mass is 9.91. The minimum absolute atomic E-state index is 0.211. The summed E-state index contributed by atoms with van der Waals surface area (Å²) in [5.41, 5.74) is 3.56. The molecule has 0 saturated carbocycles. The maximum atomic E-state index is 9.29. The molecular weight excluding hydrogens is 188 g/mol. The van der Waals surface area contributed by atoms with E-state index in [1.807, 2.05) is 13.0 Å². The van der Waals surface area contributed by atoms with Crippen LogP contribution >= 0.6 is 0 Å². The highest BCUT2D eigenvalue weighted by atomic mass is 16.5. The van der Waals surface area contributed by atoms with E-state index in [0.29, 0.717) is 0 Å². The summed E-state index contributed by atoms with van der Waals surface area (Å²) in [6.45, 7) is 6.41. The Morgan fingerprint density at radius 2 is 1.93 bits per heavy atom. The standard InChI is InChI=1S/C13H20O2/c1-5-11(8-14)12-6-10(3)13(15-4)7-9(12)2/h6-7,11,14H,5,8H2,1-4H3. The van der Waals surface area contributed by atoms with E-state index in [9.17, 15) is 5.11 Å². The third kappa shape index (κ3) is 2.51. The molecule has 1 aromatic carbocycles. The Hall–Kier alpha value is -1.02. The molecule has 1 aromatic rings. The molecule has 0 heterocycles. The molecule has 1 N–H and O–H groups in total. The van der Waals surface area contributed by atoms with Gasteiger partial charge in [-0.2, -0.15) is 0 Å². The van der Waals surface area contributed by atoms with E-state index in [1.54, 1.807) is 7.11 Å². The number of rotatable bonds is 4. The Morgan fingerprint density at radius 1 is 1.27 bits per heavy atom. The molecule has 0 bridgehead atoms. The number of aryl methyl sites for hydroxylation is 2. The van der Waals surface area contributed by atoms with Crippen LogP contribution in [0.4, 0.5) is 0 Å². The topological polar surface area (TPSA) is 29.5 Å². The van der Waals surface area contributed by atoms with Crippen LogP contribution in [0.3, 0.4) is 0 Å². The van der Waals surface area contributed by atoms with E-state index in [0.717, 1.165) is 17.7 Å². The van der Waals surface area contributed by atoms with Gasteiger partial charge in [-0.15, -0.1) is 0 Å². The highest BCUT2D eigenvalue weighted by Gasteiger charge is 2.12. The van der Waals surface area contributed by atoms with Crippen molar-refractivity contribution < 1.29 is 9.84 Å². The van der Waals surface area contributed by atoms with Crippen molar-refractivity contribution in [2.45, 2.75) is 33.1 Å². The Balaban J connectivity index is 3.14. The van der Waals surface area contributed by atoms with Gasteiger partial charge in [-0.1, -0.05) is 13.0 Å². The number of methoxy groups -OCH3 is 1. The fourth-order valence-electron chi connectivity index (χ4n) is 1.92. The monoisotopic (exact) mass is 208 g/mol. The summed E-state index contributed by atoms with van der Waals surface area (Å²) in [4.78, 5) is 0. The fourth-order valence-corrected chi connectivity index (χ4v) is 1.92. The zero-order valence-electron chi connectivity index (χ0n) is 10.0. The highest BCUT2D eigenvalue weighted by Crippen LogP contribution is 2.28. The predicted octanol–water partition coefficient (Wildman–Crippen LogP) is 2.80. The molecule has 1 unspecified atom stereocenters. The minimum Gasteiger partial charge on any atom is -0.496 e. The number of benzene rings is 1. The van der Waals surface area contributed by atoms with Crippen molar-refractivity contribution in [3.63, 3.8) is 0 Å². The summed E-state index contributed by atoms with van der Waals surface area (Å²) in [6.07, 6.45) is 0.961. The number of hydrogen-bond donors (Lipinski definition) is 1. The van der Waals surface area contributed by atoms with Crippen molar-refractivity contribution in [3.8, 4) is 5.75 Å². The SMILES string of the molecule is CCC(CO)c1cc(C)c(OC)cc1C. The first-order chi connectivity index (χ1) is 7.13. The van der Waals surface area contributed by atoms with Crippen molar-refractivity contribution in [1.82, 2.24) is 0 Å². The second kappa shape index (κ2) is 5.17. The summed E-state index contributed by atoms with van der Waals surface area (Å²) in [7, 11) is 1.69. The molecule has 84 valence electrons. The molecule has 0 fully saturated rings. The molecule has 0 aliphatic heterocycles. The van der Waals surface area contributed by atoms with Gasteiger partial charge < -0.3 is 9.84 Å². The predicted molar refractivity (Wildman–Crippen MR) is 62.6 cm³/mol. The Bertz CT molecular complexity index is 328. The van der Waals surface area contributed by atoms with E-state index in [-0.39, 0.29) is 12.5 Å². The Kier molecular flexibility index (Phi) is 4.15. The van der Waals surface area contributed by atoms with Crippen molar-refractivity contribution in [2.24, 2.45) is 0 Å². The van der Waals surface area contributed by atoms with Crippen LogP contribution in [0, 0.1) is 13.8 Å². The largest absolute Gasteiger partial charge is 0.496 e. The number of aliphatic hydroxyl groups is 1. The maximum Gasteiger partial charge on any atom is 0.122 e. The lowest BCUT2D eigenvalue weighted by Gasteiger charge is -2.17. The van der Waals surface area contributed by atoms with E-state index in [1.165, 1.54) is 11.1 Å². The van der Waals surface area contributed by atoms with Crippen LogP contribution in [0.2, 0.25) is 0 Å². The molecule has 2 heteroatoms. The third-order valence-corrected chi connectivity index (χ3v) is 2.94. The summed E-state index contributed by atoms with van der Waals surface area (Å²) in [5, 5.41) is 9.29. The third-order valence-electron chi connectivity index (χ3n) is 2.94. The van der Waals surface area contributed by atoms with Gasteiger partial charge in [-0.25, -0.2) is 0 Å². The van der Waals surface area contributed by atoms with Gasteiger partial charge in [0.1, 0.15) is 5.75 Å². The van der Waals surface area contributed by atoms with E-state index in [4.69, 9.17) is 4.74 Å². The number of aliphatic hydroxyl groups excluding tert-OH is 1. The van der Waals surface area contributed by atoms with E-state index >= 15 is 0 Å². The van der Waals surface area contributed by atoms with Gasteiger partial charge in [0.2, 0.25) is 0 Å². The highest BCUT2D eigenvalue weighted by molar-refractivity contribution is 5.43. The average molecular weight is 208 g/mol. The number of hydrogen-bond acceptors (Lipinski definition) is 2. The molecule has 1 atom stereocenters. The van der Waals surface area contributed by atoms with E-state index < -0.39 is 0 Å². The minimum atomic E-state index is 0.211. The van der Waals surface area contributed by atoms with Gasteiger partial charge in [-0.3, -0.25) is 0 Å². The molecule has 2 nitrogen and oxygen atoms in total. The van der Waals surface area contributed by atoms with Crippen LogP contribution in [-0.4, -0.2) is 18.8 Å². The summed E-state index contributed by atoms with van der Waals surface area (Å²) < 4.78 is 5.27. The van der Waals surface area contributed by atoms with Crippen LogP contribution in [0.15, 0.2) is 12.1 Å². The molecule has 1 rings (SSSR count). The van der Waals surface area contributed by atoms with Gasteiger partial charge in [0.05, 0.1) is 7.11 Å². The van der Waals surface area contributed by atoms with Crippen molar-refractivity contribution in [3.05, 3.63) is 28.8 Å². The Morgan fingerprint density at radius 3 is 2.40 bits per heavy atom. The molecule has 0 aliphatic carbocycles. The lowest BCUT2D eigenvalue weighted by molar-refractivity contribution is 0.262. The first-order valence-electron chi connectivity index (χ1n) is 5.40. The smallest absolute Gasteiger partial charge is 0.122 e. The second-order valence-electron chi connectivity index (χ2n) is 3.97. The molecule has 0 aliphatic rings. The fraction of sp³-hybridized carbons (Fsp3) is 0.538. The summed E-state index contributed by atoms with van der Waals surface area (Å²) >= 11 is 0. The second-order valence-corrected chi connectivity index (χ2v) is 3.97. The zero-order valence-corrected chi connectivity index (χ0v) is 10.0. The molecular formula is C13H20O2. The Labute approximate surface area is 91.9 Å². The van der Waals surface area contributed by atoms with Crippen molar-refractivity contribution >= 4 is 0 Å². The van der Waals surface area contributed by atoms with Crippen LogP contribution in [0.1, 0.15) is 36.0 Å². The zero-order chi connectivity index (χ0) is 11.4. The van der Waals surface area contributed by atoms with Crippen molar-refractivity contribution in [1.29, 1.82) is 0 Å². The molecule has 0 amide bonds. The summed E-state index contributed by atoms with van der Waals surface area (Å²) in [6, 6.07) is 4.17. The average Bonchev–Trinajstić information content (AvgIpc) is 2.24. The molecule has 15 heavy (non-hydrogen) atoms. The van der Waals surface area contributed by atoms with E-state index in [2.05, 4.69) is 19.9 Å². The molecule has 0 aromatic heterocycles. The first-order valence-corrected chi connectivity index (χ1v) is 5.40. The normalized spacial score (nSPS) is 12.6. The van der Waals surface area contributed by atoms with Crippen LogP contribution in [-0.2, 0) is 0 Å².